The third-order valence-electron chi connectivity index (χ3n) is 2.65. The highest BCUT2D eigenvalue weighted by Crippen LogP contribution is 2.17. The van der Waals surface area contributed by atoms with Crippen molar-refractivity contribution < 1.29 is 19.2 Å². The van der Waals surface area contributed by atoms with E-state index in [9.17, 15) is 9.90 Å². The molecule has 1 N–H and O–H groups in total. The standard InChI is InChI=1S/C12H11N3O3/c1-18-12(17)10-11(16)15(8-4-6-13)9-5-2-3-7-14(9)10/h2-3,5,7H,4,8H2,1H3/p+1. The lowest BCUT2D eigenvalue weighted by Gasteiger charge is -1.94. The fraction of sp³-hybridized carbons (Fsp3) is 0.250. The first kappa shape index (κ1) is 11.9. The Balaban J connectivity index is 2.68. The number of fused-ring (bicyclic) bond motifs is 1. The number of ether oxygens (including phenoxy) is 1. The maximum atomic E-state index is 11.7. The molecule has 0 fully saturated rings. The van der Waals surface area contributed by atoms with E-state index in [0.717, 1.165) is 0 Å². The summed E-state index contributed by atoms with van der Waals surface area (Å²) < 4.78 is 7.69. The van der Waals surface area contributed by atoms with Crippen LogP contribution in [-0.4, -0.2) is 22.6 Å². The van der Waals surface area contributed by atoms with Crippen molar-refractivity contribution in [3.05, 3.63) is 30.1 Å². The molecule has 0 saturated heterocycles. The number of aryl methyl sites for hydroxylation is 1. The van der Waals surface area contributed by atoms with Gasteiger partial charge >= 0.3 is 17.5 Å². The predicted octanol–water partition coefficient (Wildman–Crippen LogP) is 0.633. The number of nitriles is 1. The largest absolute Gasteiger partial charge is 0.474 e. The first-order valence-corrected chi connectivity index (χ1v) is 5.37. The second-order valence-electron chi connectivity index (χ2n) is 3.65. The van der Waals surface area contributed by atoms with Crippen molar-refractivity contribution in [2.75, 3.05) is 7.11 Å². The van der Waals surface area contributed by atoms with Crippen LogP contribution in [0.1, 0.15) is 16.9 Å². The molecule has 0 spiro atoms. The summed E-state index contributed by atoms with van der Waals surface area (Å²) in [6.07, 6.45) is 1.90. The van der Waals surface area contributed by atoms with Crippen molar-refractivity contribution >= 4 is 11.6 Å². The molecule has 6 heteroatoms. The summed E-state index contributed by atoms with van der Waals surface area (Å²) in [6, 6.07) is 7.29. The molecule has 2 aromatic heterocycles. The van der Waals surface area contributed by atoms with E-state index in [-0.39, 0.29) is 18.0 Å². The van der Waals surface area contributed by atoms with E-state index in [2.05, 4.69) is 4.74 Å². The van der Waals surface area contributed by atoms with Crippen molar-refractivity contribution in [3.8, 4) is 11.9 Å². The Morgan fingerprint density at radius 2 is 2.39 bits per heavy atom. The van der Waals surface area contributed by atoms with Crippen LogP contribution in [0.2, 0.25) is 0 Å². The highest BCUT2D eigenvalue weighted by atomic mass is 16.5. The summed E-state index contributed by atoms with van der Waals surface area (Å²) in [5.74, 6) is -0.812. The summed E-state index contributed by atoms with van der Waals surface area (Å²) in [5, 5.41) is 18.7. The molecule has 0 amide bonds. The molecular formula is C12H12N3O3+. The molecule has 92 valence electrons. The molecule has 0 unspecified atom stereocenters. The maximum absolute atomic E-state index is 11.7. The van der Waals surface area contributed by atoms with Gasteiger partial charge in [0.25, 0.3) is 5.65 Å². The molecule has 2 rings (SSSR count). The number of methoxy groups -OCH3 is 1. The first-order chi connectivity index (χ1) is 8.70. The van der Waals surface area contributed by atoms with E-state index in [0.29, 0.717) is 12.2 Å². The predicted molar refractivity (Wildman–Crippen MR) is 60.8 cm³/mol. The SMILES string of the molecule is COC(=O)c1c(O)[n+](CCC#N)c2ccccn12. The molecule has 0 aliphatic rings. The summed E-state index contributed by atoms with van der Waals surface area (Å²) >= 11 is 0. The van der Waals surface area contributed by atoms with Crippen molar-refractivity contribution in [2.24, 2.45) is 0 Å². The topological polar surface area (TPSA) is 78.6 Å². The molecule has 2 heterocycles. The van der Waals surface area contributed by atoms with Gasteiger partial charge in [-0.15, -0.1) is 0 Å². The van der Waals surface area contributed by atoms with Crippen LogP contribution in [0.4, 0.5) is 0 Å². The monoisotopic (exact) mass is 246 g/mol. The zero-order valence-corrected chi connectivity index (χ0v) is 9.83. The molecule has 0 aliphatic carbocycles. The van der Waals surface area contributed by atoms with Gasteiger partial charge in [-0.25, -0.2) is 4.79 Å². The lowest BCUT2D eigenvalue weighted by Crippen LogP contribution is -2.32. The van der Waals surface area contributed by atoms with E-state index >= 15 is 0 Å². The van der Waals surface area contributed by atoms with E-state index in [1.807, 2.05) is 6.07 Å². The van der Waals surface area contributed by atoms with Gasteiger partial charge in [0.2, 0.25) is 0 Å². The Morgan fingerprint density at radius 3 is 3.06 bits per heavy atom. The van der Waals surface area contributed by atoms with E-state index in [1.54, 1.807) is 28.8 Å². The van der Waals surface area contributed by atoms with Crippen LogP contribution < -0.4 is 4.57 Å². The third-order valence-corrected chi connectivity index (χ3v) is 2.65. The second-order valence-corrected chi connectivity index (χ2v) is 3.65. The molecule has 0 saturated carbocycles. The highest BCUT2D eigenvalue weighted by molar-refractivity contribution is 5.90. The Morgan fingerprint density at radius 1 is 1.61 bits per heavy atom. The quantitative estimate of drug-likeness (QED) is 0.636. The fourth-order valence-electron chi connectivity index (χ4n) is 1.86. The van der Waals surface area contributed by atoms with Gasteiger partial charge in [-0.3, -0.25) is 0 Å². The summed E-state index contributed by atoms with van der Waals surface area (Å²) in [5.41, 5.74) is 0.691. The number of hydrogen-bond acceptors (Lipinski definition) is 4. The molecule has 0 atom stereocenters. The first-order valence-electron chi connectivity index (χ1n) is 5.37. The average molecular weight is 246 g/mol. The molecule has 2 aromatic rings. The van der Waals surface area contributed by atoms with Crippen LogP contribution in [0, 0.1) is 11.3 Å². The molecule has 0 aromatic carbocycles. The van der Waals surface area contributed by atoms with Crippen LogP contribution in [-0.2, 0) is 11.3 Å². The highest BCUT2D eigenvalue weighted by Gasteiger charge is 2.30. The number of esters is 1. The van der Waals surface area contributed by atoms with Crippen LogP contribution >= 0.6 is 0 Å². The van der Waals surface area contributed by atoms with E-state index < -0.39 is 5.97 Å². The maximum Gasteiger partial charge on any atom is 0.386 e. The minimum absolute atomic E-state index is 0.0611. The van der Waals surface area contributed by atoms with Crippen LogP contribution in [0.5, 0.6) is 5.88 Å². The minimum Gasteiger partial charge on any atom is -0.474 e. The number of carbonyl (C=O) groups excluding carboxylic acids is 1. The van der Waals surface area contributed by atoms with Gasteiger partial charge in [0.05, 0.1) is 25.8 Å². The number of aromatic hydroxyl groups is 1. The van der Waals surface area contributed by atoms with Gasteiger partial charge in [0.15, 0.2) is 0 Å². The molecule has 0 bridgehead atoms. The van der Waals surface area contributed by atoms with Crippen molar-refractivity contribution in [3.63, 3.8) is 0 Å². The van der Waals surface area contributed by atoms with Crippen LogP contribution in [0.3, 0.4) is 0 Å². The van der Waals surface area contributed by atoms with Crippen LogP contribution in [0.15, 0.2) is 24.4 Å². The summed E-state index contributed by atoms with van der Waals surface area (Å²) in [6.45, 7) is 0.312. The smallest absolute Gasteiger partial charge is 0.386 e. The van der Waals surface area contributed by atoms with Gasteiger partial charge in [-0.1, -0.05) is 6.07 Å². The number of hydrogen-bond donors (Lipinski definition) is 1. The number of imidazole rings is 1. The number of nitrogens with zero attached hydrogens (tertiary/aromatic N) is 3. The second kappa shape index (κ2) is 4.75. The van der Waals surface area contributed by atoms with E-state index in [4.69, 9.17) is 5.26 Å². The zero-order chi connectivity index (χ0) is 13.1. The van der Waals surface area contributed by atoms with Crippen LogP contribution in [0.25, 0.3) is 5.65 Å². The normalized spacial score (nSPS) is 10.2. The minimum atomic E-state index is -0.621. The third kappa shape index (κ3) is 1.76. The molecule has 6 nitrogen and oxygen atoms in total. The Bertz CT molecular complexity index is 640. The van der Waals surface area contributed by atoms with Crippen molar-refractivity contribution in [1.82, 2.24) is 4.40 Å². The van der Waals surface area contributed by atoms with Crippen molar-refractivity contribution in [1.29, 1.82) is 5.26 Å². The number of rotatable bonds is 3. The molecular weight excluding hydrogens is 234 g/mol. The summed E-state index contributed by atoms with van der Waals surface area (Å²) in [4.78, 5) is 11.7. The Labute approximate surface area is 103 Å². The molecule has 0 radical (unpaired) electrons. The van der Waals surface area contributed by atoms with Gasteiger partial charge < -0.3 is 9.84 Å². The van der Waals surface area contributed by atoms with Gasteiger partial charge in [-0.05, 0) is 6.07 Å². The van der Waals surface area contributed by atoms with Gasteiger partial charge in [0.1, 0.15) is 6.54 Å². The van der Waals surface area contributed by atoms with Crippen molar-refractivity contribution in [2.45, 2.75) is 13.0 Å². The van der Waals surface area contributed by atoms with Gasteiger partial charge in [0, 0.05) is 6.07 Å². The number of pyridine rings is 1. The molecule has 18 heavy (non-hydrogen) atoms. The average Bonchev–Trinajstić information content (AvgIpc) is 2.68. The number of carbonyl (C=O) groups is 1. The van der Waals surface area contributed by atoms with Gasteiger partial charge in [-0.2, -0.15) is 14.2 Å². The van der Waals surface area contributed by atoms with E-state index in [1.165, 1.54) is 11.7 Å². The Hall–Kier alpha value is -2.55. The lowest BCUT2D eigenvalue weighted by molar-refractivity contribution is -0.675. The molecule has 0 aliphatic heterocycles. The summed E-state index contributed by atoms with van der Waals surface area (Å²) in [7, 11) is 1.25. The lowest BCUT2D eigenvalue weighted by atomic mass is 10.4. The number of aromatic nitrogens is 2. The Kier molecular flexibility index (Phi) is 3.15. The zero-order valence-electron chi connectivity index (χ0n) is 9.83. The fourth-order valence-corrected chi connectivity index (χ4v) is 1.86.